The first-order valence-electron chi connectivity index (χ1n) is 18.3. The van der Waals surface area contributed by atoms with Gasteiger partial charge in [-0.15, -0.1) is 0 Å². The number of carbonyl (C=O) groups excluding carboxylic acids is 1. The molecule has 0 spiro atoms. The Bertz CT molecular complexity index is 2880. The Morgan fingerprint density at radius 3 is 2.21 bits per heavy atom. The number of ether oxygens (including phenoxy) is 4. The van der Waals surface area contributed by atoms with Crippen molar-refractivity contribution in [3.63, 3.8) is 0 Å². The van der Waals surface area contributed by atoms with Gasteiger partial charge < -0.3 is 29.2 Å². The fraction of sp³-hybridized carbons (Fsp3) is 0.175. The van der Waals surface area contributed by atoms with Crippen molar-refractivity contribution < 1.29 is 70.1 Å². The third kappa shape index (κ3) is 13.7. The van der Waals surface area contributed by atoms with Crippen LogP contribution in [-0.2, 0) is 21.0 Å². The van der Waals surface area contributed by atoms with Gasteiger partial charge in [0, 0.05) is 30.8 Å². The molecule has 20 nitrogen and oxygen atoms in total. The molecule has 26 heteroatoms. The summed E-state index contributed by atoms with van der Waals surface area (Å²) in [5, 5.41) is 29.6. The molecule has 66 heavy (non-hydrogen) atoms. The summed E-state index contributed by atoms with van der Waals surface area (Å²) >= 11 is 11.8. The molecule has 4 aromatic carbocycles. The number of sulfonamides is 1. The molecule has 2 aromatic heterocycles. The molecule has 0 unspecified atom stereocenters. The second kappa shape index (κ2) is 22.4. The van der Waals surface area contributed by atoms with Gasteiger partial charge in [-0.05, 0) is 74.5 Å². The van der Waals surface area contributed by atoms with Crippen molar-refractivity contribution in [2.24, 2.45) is 0 Å². The van der Waals surface area contributed by atoms with Crippen molar-refractivity contribution in [3.05, 3.63) is 128 Å². The number of nitrogens with one attached hydrogen (secondary N) is 1. The van der Waals surface area contributed by atoms with E-state index in [0.717, 1.165) is 40.6 Å². The first-order chi connectivity index (χ1) is 31.1. The normalized spacial score (nSPS) is 10.9. The minimum absolute atomic E-state index is 0.0111. The first-order valence-corrected chi connectivity index (χ1v) is 20.5. The van der Waals surface area contributed by atoms with Gasteiger partial charge in [-0.2, -0.15) is 28.1 Å². The van der Waals surface area contributed by atoms with Crippen LogP contribution in [0.2, 0.25) is 10.0 Å². The molecule has 348 valence electrons. The lowest BCUT2D eigenvalue weighted by molar-refractivity contribution is -0.385. The van der Waals surface area contributed by atoms with Crippen molar-refractivity contribution in [1.82, 2.24) is 24.7 Å². The highest BCUT2D eigenvalue weighted by atomic mass is 35.5. The second-order valence-corrected chi connectivity index (χ2v) is 15.1. The van der Waals surface area contributed by atoms with E-state index in [-0.39, 0.29) is 52.3 Å². The molecule has 6 aromatic rings. The van der Waals surface area contributed by atoms with E-state index in [2.05, 4.69) is 19.9 Å². The summed E-state index contributed by atoms with van der Waals surface area (Å²) in [6.45, 7) is 3.00. The number of hydrogen-bond acceptors (Lipinski definition) is 15. The van der Waals surface area contributed by atoms with Crippen molar-refractivity contribution in [1.29, 1.82) is 0 Å². The standard InChI is InChI=1S/C15H11ClF3NO4.C14H15N5O6S.C11H8ClNO3/c1-2-23-14-8-10(4-5-12(14)20(21)22)24-13-6-3-9(7-11(13)16)15(17,18)19;1-8-15-12(17-13(16-8)25-3)19(2)14(22)18-26(23,24)10-7-5-4-6-9(10)11(20)21;12-8-3-4-9(16-6-10(14)15)11-7(8)2-1-5-13-11/h3-8H,2H2,1H3;4-7H,1-3H3,(H,18,22)(H,20,21);1-5H,6H2,(H,14,15). The number of nitrogens with zero attached hydrogens (tertiary/aromatic N) is 6. The number of hydrogen-bond donors (Lipinski definition) is 3. The molecule has 6 rings (SSSR count). The van der Waals surface area contributed by atoms with Crippen molar-refractivity contribution in [2.45, 2.75) is 24.9 Å². The average molecular weight is 981 g/mol. The number of nitro benzene ring substituents is 1. The maximum Gasteiger partial charge on any atom is 0.416 e. The second-order valence-electron chi connectivity index (χ2n) is 12.6. The van der Waals surface area contributed by atoms with Crippen LogP contribution in [0.5, 0.6) is 29.0 Å². The van der Waals surface area contributed by atoms with Gasteiger partial charge in [-0.1, -0.05) is 35.3 Å². The van der Waals surface area contributed by atoms with E-state index in [1.54, 1.807) is 49.0 Å². The molecule has 0 aliphatic heterocycles. The summed E-state index contributed by atoms with van der Waals surface area (Å²) in [5.41, 5.74) is -1.05. The fourth-order valence-electron chi connectivity index (χ4n) is 5.13. The fourth-order valence-corrected chi connectivity index (χ4v) is 6.74. The highest BCUT2D eigenvalue weighted by Crippen LogP contribution is 2.38. The lowest BCUT2D eigenvalue weighted by Gasteiger charge is -2.17. The Morgan fingerprint density at radius 2 is 1.59 bits per heavy atom. The summed E-state index contributed by atoms with van der Waals surface area (Å²) in [7, 11) is -1.87. The van der Waals surface area contributed by atoms with Gasteiger partial charge in [0.1, 0.15) is 33.5 Å². The highest BCUT2D eigenvalue weighted by Gasteiger charge is 2.31. The number of aromatic nitrogens is 4. The number of rotatable bonds is 13. The summed E-state index contributed by atoms with van der Waals surface area (Å²) in [4.78, 5) is 60.2. The van der Waals surface area contributed by atoms with Crippen molar-refractivity contribution >= 4 is 73.7 Å². The number of benzene rings is 4. The lowest BCUT2D eigenvalue weighted by Crippen LogP contribution is -2.42. The van der Waals surface area contributed by atoms with E-state index in [9.17, 15) is 46.1 Å². The Morgan fingerprint density at radius 1 is 0.894 bits per heavy atom. The number of carboxylic acids is 2. The minimum Gasteiger partial charge on any atom is -0.487 e. The third-order valence-electron chi connectivity index (χ3n) is 8.08. The Labute approximate surface area is 381 Å². The van der Waals surface area contributed by atoms with Gasteiger partial charge in [-0.25, -0.2) is 27.5 Å². The summed E-state index contributed by atoms with van der Waals surface area (Å²) in [6.07, 6.45) is -2.91. The molecule has 2 amide bonds. The van der Waals surface area contributed by atoms with E-state index in [0.29, 0.717) is 16.3 Å². The first kappa shape index (κ1) is 51.1. The van der Waals surface area contributed by atoms with E-state index in [1.807, 2.05) is 0 Å². The molecule has 0 aliphatic rings. The molecule has 0 fully saturated rings. The number of aliphatic carboxylic acids is 1. The van der Waals surface area contributed by atoms with Crippen LogP contribution in [0.1, 0.15) is 28.7 Å². The summed E-state index contributed by atoms with van der Waals surface area (Å²) in [6, 6.07) is 17.0. The number of alkyl halides is 3. The van der Waals surface area contributed by atoms with Gasteiger partial charge in [-0.3, -0.25) is 20.0 Å². The number of fused-ring (bicyclic) bond motifs is 1. The van der Waals surface area contributed by atoms with Crippen LogP contribution in [-0.4, -0.2) is 88.8 Å². The van der Waals surface area contributed by atoms with E-state index >= 15 is 0 Å². The Hall–Kier alpha value is -7.57. The van der Waals surface area contributed by atoms with E-state index in [1.165, 1.54) is 44.5 Å². The zero-order valence-electron chi connectivity index (χ0n) is 34.4. The predicted octanol–water partition coefficient (Wildman–Crippen LogP) is 8.23. The molecule has 0 saturated carbocycles. The molecular weight excluding hydrogens is 946 g/mol. The number of carbonyl (C=O) groups is 3. The molecule has 2 heterocycles. The number of pyridine rings is 1. The number of urea groups is 1. The molecule has 0 bridgehead atoms. The number of methoxy groups -OCH3 is 1. The molecule has 3 N–H and O–H groups in total. The average Bonchev–Trinajstić information content (AvgIpc) is 3.26. The van der Waals surface area contributed by atoms with Gasteiger partial charge in [0.15, 0.2) is 6.61 Å². The van der Waals surface area contributed by atoms with Crippen LogP contribution in [0.25, 0.3) is 10.9 Å². The smallest absolute Gasteiger partial charge is 0.416 e. The molecular formula is C40H34Cl2F3N7O13S. The van der Waals surface area contributed by atoms with Crippen molar-refractivity contribution in [3.8, 4) is 29.0 Å². The number of carboxylic acid groups (broad SMARTS) is 2. The molecule has 0 saturated heterocycles. The zero-order chi connectivity index (χ0) is 48.9. The lowest BCUT2D eigenvalue weighted by atomic mass is 10.2. The maximum absolute atomic E-state index is 12.6. The quantitative estimate of drug-likeness (QED) is 0.0726. The minimum atomic E-state index is -4.52. The number of amides is 2. The number of nitro groups is 1. The molecule has 0 atom stereocenters. The summed E-state index contributed by atoms with van der Waals surface area (Å²) in [5.74, 6) is -1.82. The Balaban J connectivity index is 0.000000222. The van der Waals surface area contributed by atoms with Gasteiger partial charge >= 0.3 is 35.8 Å². The number of aromatic carboxylic acids is 1. The van der Waals surface area contributed by atoms with Gasteiger partial charge in [0.05, 0.1) is 39.8 Å². The van der Waals surface area contributed by atoms with Crippen LogP contribution in [0, 0.1) is 17.0 Å². The summed E-state index contributed by atoms with van der Waals surface area (Å²) < 4.78 is 84.9. The number of anilines is 1. The van der Waals surface area contributed by atoms with Gasteiger partial charge in [0.2, 0.25) is 11.7 Å². The van der Waals surface area contributed by atoms with Crippen LogP contribution in [0.3, 0.4) is 0 Å². The predicted molar refractivity (Wildman–Crippen MR) is 229 cm³/mol. The van der Waals surface area contributed by atoms with Crippen molar-refractivity contribution in [2.75, 3.05) is 32.3 Å². The van der Waals surface area contributed by atoms with E-state index in [4.69, 9.17) is 52.4 Å². The SMILES string of the molecule is CCOc1cc(Oc2ccc(C(F)(F)F)cc2Cl)ccc1[N+](=O)[O-].COc1nc(C)nc(N(C)C(=O)NS(=O)(=O)c2ccccc2C(=O)O)n1.O=C(O)COc1ccc(Cl)c2cccnc12. The highest BCUT2D eigenvalue weighted by molar-refractivity contribution is 7.90. The monoisotopic (exact) mass is 979 g/mol. The number of halogens is 5. The van der Waals surface area contributed by atoms with Crippen LogP contribution < -0.4 is 28.6 Å². The van der Waals surface area contributed by atoms with Gasteiger partial charge in [0.25, 0.3) is 10.0 Å². The third-order valence-corrected chi connectivity index (χ3v) is 10.1. The van der Waals surface area contributed by atoms with E-state index < -0.39 is 61.7 Å². The zero-order valence-corrected chi connectivity index (χ0v) is 36.8. The number of aryl methyl sites for hydroxylation is 1. The van der Waals surface area contributed by atoms with Crippen LogP contribution >= 0.6 is 23.2 Å². The largest absolute Gasteiger partial charge is 0.487 e. The molecule has 0 aliphatic carbocycles. The van der Waals surface area contributed by atoms with Crippen LogP contribution in [0.4, 0.5) is 29.6 Å². The Kier molecular flexibility index (Phi) is 17.3. The van der Waals surface area contributed by atoms with Crippen LogP contribution in [0.15, 0.2) is 96.0 Å². The topological polar surface area (TPSA) is 273 Å². The molecule has 0 radical (unpaired) electrons. The maximum atomic E-state index is 12.6.